The van der Waals surface area contributed by atoms with Gasteiger partial charge in [-0.2, -0.15) is 0 Å². The molecule has 180 valence electrons. The number of benzene rings is 3. The molecule has 1 heterocycles. The van der Waals surface area contributed by atoms with Crippen molar-refractivity contribution in [3.05, 3.63) is 96.3 Å². The number of nitrogens with zero attached hydrogens (tertiary/aromatic N) is 1. The lowest BCUT2D eigenvalue weighted by atomic mass is 10.1. The van der Waals surface area contributed by atoms with Crippen LogP contribution in [-0.2, 0) is 17.9 Å². The molecule has 1 aliphatic heterocycles. The molecule has 0 bridgehead atoms. The molecule has 2 amide bonds. The molecule has 10 heteroatoms. The number of imide groups is 1. The molecule has 0 N–H and O–H groups in total. The summed E-state index contributed by atoms with van der Waals surface area (Å²) in [6.45, 7) is 0.112. The maximum absolute atomic E-state index is 13.1. The average Bonchev–Trinajstić information content (AvgIpc) is 3.08. The van der Waals surface area contributed by atoms with Crippen LogP contribution in [0.2, 0.25) is 20.1 Å². The van der Waals surface area contributed by atoms with Crippen LogP contribution in [0.25, 0.3) is 6.08 Å². The number of methoxy groups -OCH3 is 1. The standard InChI is InChI=1S/C25H17Cl4NO4S/c1-33-21-7-2-4-14(23(21)34-13-15-8-9-16(26)11-20(15)29)10-22-24(31)30(25(32)35-22)12-17-18(27)5-3-6-19(17)28/h2-11H,12-13H2,1H3/b22-10-. The highest BCUT2D eigenvalue weighted by molar-refractivity contribution is 8.18. The van der Waals surface area contributed by atoms with Crippen molar-refractivity contribution in [1.82, 2.24) is 4.90 Å². The lowest BCUT2D eigenvalue weighted by Crippen LogP contribution is -2.27. The zero-order valence-electron chi connectivity index (χ0n) is 18.2. The van der Waals surface area contributed by atoms with Crippen molar-refractivity contribution in [3.8, 4) is 11.5 Å². The Balaban J connectivity index is 1.61. The fourth-order valence-electron chi connectivity index (χ4n) is 3.37. The minimum absolute atomic E-state index is 0.0307. The van der Waals surface area contributed by atoms with Crippen LogP contribution in [-0.4, -0.2) is 23.2 Å². The van der Waals surface area contributed by atoms with Crippen molar-refractivity contribution >= 4 is 75.4 Å². The van der Waals surface area contributed by atoms with Crippen LogP contribution in [0.3, 0.4) is 0 Å². The van der Waals surface area contributed by atoms with E-state index in [4.69, 9.17) is 55.9 Å². The third kappa shape index (κ3) is 5.74. The highest BCUT2D eigenvalue weighted by Crippen LogP contribution is 2.39. The average molecular weight is 569 g/mol. The molecule has 3 aromatic carbocycles. The van der Waals surface area contributed by atoms with Crippen LogP contribution < -0.4 is 9.47 Å². The van der Waals surface area contributed by atoms with Gasteiger partial charge in [0.2, 0.25) is 0 Å². The quantitative estimate of drug-likeness (QED) is 0.269. The third-order valence-corrected chi connectivity index (χ3v) is 7.36. The summed E-state index contributed by atoms with van der Waals surface area (Å²) < 4.78 is 11.5. The minimum Gasteiger partial charge on any atom is -0.493 e. The summed E-state index contributed by atoms with van der Waals surface area (Å²) in [5.74, 6) is 0.415. The molecule has 1 fully saturated rings. The second kappa shape index (κ2) is 11.1. The number of amides is 2. The van der Waals surface area contributed by atoms with E-state index in [1.165, 1.54) is 7.11 Å². The Kier molecular flexibility index (Phi) is 8.19. The second-order valence-electron chi connectivity index (χ2n) is 7.37. The Morgan fingerprint density at radius 1 is 0.943 bits per heavy atom. The predicted octanol–water partition coefficient (Wildman–Crippen LogP) is 8.12. The van der Waals surface area contributed by atoms with Crippen molar-refractivity contribution < 1.29 is 19.1 Å². The Bertz CT molecular complexity index is 1320. The van der Waals surface area contributed by atoms with E-state index >= 15 is 0 Å². The molecule has 0 atom stereocenters. The molecule has 1 saturated heterocycles. The van der Waals surface area contributed by atoms with Crippen LogP contribution in [0.4, 0.5) is 4.79 Å². The van der Waals surface area contributed by atoms with Crippen molar-refractivity contribution in [2.45, 2.75) is 13.2 Å². The summed E-state index contributed by atoms with van der Waals surface area (Å²) in [5, 5.41) is 1.32. The number of ether oxygens (including phenoxy) is 2. The van der Waals surface area contributed by atoms with Crippen molar-refractivity contribution in [2.75, 3.05) is 7.11 Å². The van der Waals surface area contributed by atoms with Gasteiger partial charge in [0.25, 0.3) is 11.1 Å². The molecule has 0 unspecified atom stereocenters. The first-order chi connectivity index (χ1) is 16.8. The molecule has 5 nitrogen and oxygen atoms in total. The molecule has 0 spiro atoms. The van der Waals surface area contributed by atoms with Gasteiger partial charge >= 0.3 is 0 Å². The summed E-state index contributed by atoms with van der Waals surface area (Å²) in [4.78, 5) is 27.1. The summed E-state index contributed by atoms with van der Waals surface area (Å²) in [6.07, 6.45) is 1.60. The largest absolute Gasteiger partial charge is 0.493 e. The minimum atomic E-state index is -0.453. The molecule has 0 saturated carbocycles. The number of halogens is 4. The van der Waals surface area contributed by atoms with Crippen molar-refractivity contribution in [2.24, 2.45) is 0 Å². The molecule has 4 rings (SSSR count). The lowest BCUT2D eigenvalue weighted by molar-refractivity contribution is -0.123. The maximum atomic E-state index is 13.1. The summed E-state index contributed by atoms with van der Waals surface area (Å²) in [5.41, 5.74) is 1.80. The first-order valence-electron chi connectivity index (χ1n) is 10.2. The maximum Gasteiger partial charge on any atom is 0.293 e. The molecular formula is C25H17Cl4NO4S. The van der Waals surface area contributed by atoms with Crippen molar-refractivity contribution in [3.63, 3.8) is 0 Å². The van der Waals surface area contributed by atoms with E-state index in [0.717, 1.165) is 22.2 Å². The Morgan fingerprint density at radius 2 is 1.66 bits per heavy atom. The third-order valence-electron chi connectivity index (χ3n) is 5.15. The summed E-state index contributed by atoms with van der Waals surface area (Å²) in [7, 11) is 1.52. The zero-order valence-corrected chi connectivity index (χ0v) is 22.0. The van der Waals surface area contributed by atoms with Gasteiger partial charge in [0, 0.05) is 36.8 Å². The number of hydrogen-bond donors (Lipinski definition) is 0. The Labute approximate surface area is 226 Å². The fourth-order valence-corrected chi connectivity index (χ4v) is 5.18. The van der Waals surface area contributed by atoms with Gasteiger partial charge < -0.3 is 9.47 Å². The fraction of sp³-hybridized carbons (Fsp3) is 0.120. The van der Waals surface area contributed by atoms with Gasteiger partial charge in [-0.15, -0.1) is 0 Å². The van der Waals surface area contributed by atoms with Crippen LogP contribution in [0, 0.1) is 0 Å². The number of carbonyl (C=O) groups excluding carboxylic acids is 2. The molecule has 35 heavy (non-hydrogen) atoms. The number of thioether (sulfide) groups is 1. The van der Waals surface area contributed by atoms with Gasteiger partial charge in [-0.1, -0.05) is 70.7 Å². The number of hydrogen-bond acceptors (Lipinski definition) is 5. The smallest absolute Gasteiger partial charge is 0.293 e. The zero-order chi connectivity index (χ0) is 25.1. The molecule has 3 aromatic rings. The Morgan fingerprint density at radius 3 is 2.34 bits per heavy atom. The van der Waals surface area contributed by atoms with E-state index in [-0.39, 0.29) is 18.1 Å². The topological polar surface area (TPSA) is 55.8 Å². The second-order valence-corrected chi connectivity index (χ2v) is 10.0. The highest BCUT2D eigenvalue weighted by atomic mass is 35.5. The van der Waals surface area contributed by atoms with Crippen LogP contribution in [0.1, 0.15) is 16.7 Å². The van der Waals surface area contributed by atoms with Gasteiger partial charge in [-0.25, -0.2) is 0 Å². The normalized spacial score (nSPS) is 14.7. The van der Waals surface area contributed by atoms with Gasteiger partial charge in [-0.05, 0) is 48.2 Å². The lowest BCUT2D eigenvalue weighted by Gasteiger charge is -2.15. The van der Waals surface area contributed by atoms with Crippen LogP contribution >= 0.6 is 58.2 Å². The SMILES string of the molecule is COc1cccc(/C=C2\SC(=O)N(Cc3c(Cl)cccc3Cl)C2=O)c1OCc1ccc(Cl)cc1Cl. The molecule has 0 aromatic heterocycles. The van der Waals surface area contributed by atoms with Crippen LogP contribution in [0.5, 0.6) is 11.5 Å². The van der Waals surface area contributed by atoms with Gasteiger partial charge in [0.15, 0.2) is 11.5 Å². The van der Waals surface area contributed by atoms with E-state index in [1.807, 2.05) is 0 Å². The first-order valence-corrected chi connectivity index (χ1v) is 12.5. The van der Waals surface area contributed by atoms with Gasteiger partial charge in [0.1, 0.15) is 6.61 Å². The van der Waals surface area contributed by atoms with Crippen LogP contribution in [0.15, 0.2) is 59.5 Å². The number of para-hydroxylation sites is 1. The summed E-state index contributed by atoms with van der Waals surface area (Å²) in [6, 6.07) is 15.4. The Hall–Kier alpha value is -2.35. The van der Waals surface area contributed by atoms with E-state index in [2.05, 4.69) is 0 Å². The van der Waals surface area contributed by atoms with Gasteiger partial charge in [0.05, 0.1) is 18.6 Å². The highest BCUT2D eigenvalue weighted by Gasteiger charge is 2.36. The van der Waals surface area contributed by atoms with E-state index in [9.17, 15) is 9.59 Å². The van der Waals surface area contributed by atoms with E-state index < -0.39 is 11.1 Å². The predicted molar refractivity (Wildman–Crippen MR) is 142 cm³/mol. The number of rotatable bonds is 7. The monoisotopic (exact) mass is 567 g/mol. The van der Waals surface area contributed by atoms with E-state index in [1.54, 1.807) is 60.7 Å². The molecule has 0 radical (unpaired) electrons. The van der Waals surface area contributed by atoms with Crippen molar-refractivity contribution in [1.29, 1.82) is 0 Å². The molecule has 1 aliphatic rings. The van der Waals surface area contributed by atoms with Gasteiger partial charge in [-0.3, -0.25) is 14.5 Å². The van der Waals surface area contributed by atoms with E-state index in [0.29, 0.717) is 42.7 Å². The summed E-state index contributed by atoms with van der Waals surface area (Å²) >= 11 is 25.5. The first kappa shape index (κ1) is 25.7. The number of carbonyl (C=O) groups is 2. The molecule has 0 aliphatic carbocycles. The molecular weight excluding hydrogens is 552 g/mol.